The van der Waals surface area contributed by atoms with E-state index in [0.717, 1.165) is 104 Å². The number of nitrogens with zero attached hydrogens (tertiary/aromatic N) is 4. The van der Waals surface area contributed by atoms with Crippen LogP contribution >= 0.6 is 0 Å². The summed E-state index contributed by atoms with van der Waals surface area (Å²) in [5.74, 6) is -0.745. The molecule has 22 nitrogen and oxygen atoms in total. The Balaban J connectivity index is 0.000000135. The third-order valence-corrected chi connectivity index (χ3v) is 20.0. The number of carbonyl (C=O) groups is 9. The van der Waals surface area contributed by atoms with Gasteiger partial charge in [-0.05, 0) is 218 Å². The van der Waals surface area contributed by atoms with Crippen LogP contribution in [-0.2, 0) is 4.74 Å². The SMILES string of the molecule is CN(C)C(=O)c1ccc(-c2ccc3c(C=O)c(O)ccc3c2)cc1.COC(=O)c1cccc(-c2ccc3c(C=O)c(O)ccc3c2)c1.COc1cc2ccccc2c(C=O)c1O.NC(=O)c1ccc(-c2ccc3c(C=O)c(O)ccc3c2)cc1.O=Cc1c(O)ccc2cc(-c3cccnc3)ccc12.O=Cc1c(O)ccc2cc(-c3cncnc3)ccc12. The number of aromatic hydroxyl groups is 6. The molecule has 0 spiro atoms. The van der Waals surface area contributed by atoms with Crippen LogP contribution in [0.4, 0.5) is 0 Å². The van der Waals surface area contributed by atoms with Crippen molar-refractivity contribution in [2.45, 2.75) is 0 Å². The van der Waals surface area contributed by atoms with Gasteiger partial charge in [-0.15, -0.1) is 0 Å². The highest BCUT2D eigenvalue weighted by molar-refractivity contribution is 6.08. The lowest BCUT2D eigenvalue weighted by molar-refractivity contribution is 0.0599. The second-order valence-corrected chi connectivity index (χ2v) is 27.6. The van der Waals surface area contributed by atoms with E-state index in [1.54, 1.807) is 147 Å². The number of nitrogens with two attached hydrogens (primary N) is 1. The lowest BCUT2D eigenvalue weighted by atomic mass is 9.97. The number of ether oxygens (including phenoxy) is 2. The number of aromatic nitrogens is 3. The fourth-order valence-corrected chi connectivity index (χ4v) is 13.7. The van der Waals surface area contributed by atoms with E-state index in [1.807, 2.05) is 140 Å². The van der Waals surface area contributed by atoms with Crippen LogP contribution in [0, 0.1) is 0 Å². The van der Waals surface area contributed by atoms with Crippen molar-refractivity contribution in [1.29, 1.82) is 0 Å². The summed E-state index contributed by atoms with van der Waals surface area (Å²) >= 11 is 0. The Kier molecular flexibility index (Phi) is 26.8. The van der Waals surface area contributed by atoms with Crippen LogP contribution in [0.2, 0.25) is 0 Å². The van der Waals surface area contributed by atoms with Crippen molar-refractivity contribution in [2.75, 3.05) is 28.3 Å². The van der Waals surface area contributed by atoms with Gasteiger partial charge in [-0.25, -0.2) is 14.8 Å². The zero-order valence-electron chi connectivity index (χ0n) is 65.8. The number of methoxy groups -OCH3 is 2. The Morgan fingerprint density at radius 2 is 0.656 bits per heavy atom. The Hall–Kier alpha value is -16.9. The molecule has 0 saturated heterocycles. The number of fused-ring (bicyclic) bond motifs is 6. The van der Waals surface area contributed by atoms with E-state index in [2.05, 4.69) is 15.0 Å². The molecule has 2 amide bonds. The van der Waals surface area contributed by atoms with Crippen molar-refractivity contribution in [2.24, 2.45) is 5.73 Å². The Bertz CT molecular complexity index is 6730. The van der Waals surface area contributed by atoms with E-state index < -0.39 is 5.91 Å². The van der Waals surface area contributed by atoms with Crippen LogP contribution in [0.25, 0.3) is 120 Å². The van der Waals surface area contributed by atoms with Crippen LogP contribution in [-0.4, -0.2) is 134 Å². The van der Waals surface area contributed by atoms with Crippen LogP contribution in [0.1, 0.15) is 93.2 Å². The fourth-order valence-electron chi connectivity index (χ4n) is 13.7. The third-order valence-electron chi connectivity index (χ3n) is 20.0. The molecule has 8 N–H and O–H groups in total. The summed E-state index contributed by atoms with van der Waals surface area (Å²) in [7, 11) is 6.25. The number of aldehydes is 6. The normalized spacial score (nSPS) is 10.5. The molecule has 122 heavy (non-hydrogen) atoms. The van der Waals surface area contributed by atoms with Gasteiger partial charge in [-0.2, -0.15) is 0 Å². The lowest BCUT2D eigenvalue weighted by Crippen LogP contribution is -2.21. The first-order valence-electron chi connectivity index (χ1n) is 37.5. The highest BCUT2D eigenvalue weighted by atomic mass is 16.5. The van der Waals surface area contributed by atoms with Crippen molar-refractivity contribution >= 4 is 120 Å². The summed E-state index contributed by atoms with van der Waals surface area (Å²) in [4.78, 5) is 115. The molecule has 0 bridgehead atoms. The molecular weight excluding hydrogens is 1540 g/mol. The Morgan fingerprint density at radius 3 is 1.02 bits per heavy atom. The number of hydrogen-bond donors (Lipinski definition) is 7. The van der Waals surface area contributed by atoms with Gasteiger partial charge in [0.1, 0.15) is 35.1 Å². The summed E-state index contributed by atoms with van der Waals surface area (Å²) in [5, 5.41) is 67.8. The number of rotatable bonds is 15. The van der Waals surface area contributed by atoms with E-state index in [4.69, 9.17) is 15.2 Å². The van der Waals surface area contributed by atoms with Gasteiger partial charge in [0, 0.05) is 61.1 Å². The second kappa shape index (κ2) is 38.7. The molecule has 0 aliphatic rings. The number of phenols is 6. The first-order chi connectivity index (χ1) is 59.1. The average molecular weight is 1620 g/mol. The summed E-state index contributed by atoms with van der Waals surface area (Å²) in [6.07, 6.45) is 12.4. The van der Waals surface area contributed by atoms with Crippen molar-refractivity contribution in [3.05, 3.63) is 348 Å². The summed E-state index contributed by atoms with van der Waals surface area (Å²) in [6.45, 7) is 0. The van der Waals surface area contributed by atoms with Gasteiger partial charge >= 0.3 is 5.97 Å². The molecule has 15 aromatic carbocycles. The van der Waals surface area contributed by atoms with Crippen LogP contribution < -0.4 is 10.5 Å². The zero-order valence-corrected chi connectivity index (χ0v) is 65.8. The largest absolute Gasteiger partial charge is 0.507 e. The number of carbonyl (C=O) groups excluding carboxylic acids is 9. The third kappa shape index (κ3) is 19.0. The van der Waals surface area contributed by atoms with Crippen LogP contribution in [0.5, 0.6) is 40.2 Å². The first-order valence-corrected chi connectivity index (χ1v) is 37.5. The molecule has 0 aliphatic carbocycles. The highest BCUT2D eigenvalue weighted by Crippen LogP contribution is 2.38. The van der Waals surface area contributed by atoms with Gasteiger partial charge in [0.2, 0.25) is 5.91 Å². The van der Waals surface area contributed by atoms with E-state index >= 15 is 0 Å². The van der Waals surface area contributed by atoms with E-state index in [-0.39, 0.29) is 63.1 Å². The molecule has 602 valence electrons. The Morgan fingerprint density at radius 1 is 0.320 bits per heavy atom. The molecule has 0 unspecified atom stereocenters. The zero-order chi connectivity index (χ0) is 86.7. The second-order valence-electron chi connectivity index (χ2n) is 27.6. The maximum atomic E-state index is 11.9. The molecule has 22 heteroatoms. The van der Waals surface area contributed by atoms with Gasteiger partial charge < -0.3 is 50.7 Å². The summed E-state index contributed by atoms with van der Waals surface area (Å²) in [5.41, 5.74) is 18.1. The quantitative estimate of drug-likeness (QED) is 0.0370. The Labute approximate surface area is 697 Å². The molecule has 0 atom stereocenters. The average Bonchev–Trinajstić information content (AvgIpc) is 0.812. The maximum absolute atomic E-state index is 11.9. The van der Waals surface area contributed by atoms with Crippen LogP contribution in [0.15, 0.2) is 298 Å². The van der Waals surface area contributed by atoms with Crippen molar-refractivity contribution in [3.63, 3.8) is 0 Å². The number of phenolic OH excluding ortho intramolecular Hbond substituents is 6. The van der Waals surface area contributed by atoms with E-state index in [0.29, 0.717) is 93.0 Å². The minimum atomic E-state index is -0.462. The lowest BCUT2D eigenvalue weighted by Gasteiger charge is -2.11. The number of benzene rings is 15. The molecule has 17 rings (SSSR count). The number of esters is 1. The molecular formula is C100H75N5O17. The minimum Gasteiger partial charge on any atom is -0.507 e. The standard InChI is InChI=1S/C20H17NO3.C19H14O4.C18H13NO3.C16H11NO2.C15H10N2O2.C12H10O3/c1-21(2)20(24)14-5-3-13(4-6-14)15-7-9-17-16(11-15)8-10-19(23)18(17)12-22;1-23-19(22)15-4-2-3-12(10-15)13-5-7-16-14(9-13)6-8-18(21)17(16)11-20;19-18(22)12-3-1-11(2-4-12)13-5-7-15-14(9-13)6-8-17(21)16(15)10-20;18-10-15-14-5-3-11(13-2-1-7-17-9-13)8-12(14)4-6-16(15)19;18-8-14-13-3-1-10(12-6-16-9-17-7-12)5-11(13)2-4-15(14)19;1-15-11-6-8-4-2-3-5-9(8)10(7-13)12(11)14/h3-12,23H,1-2H3;2-11,21H,1H3;1-10,21H,(H2,19,22);1-10,19H;1-9,19H;2-7,14H,1H3. The number of pyridine rings is 1. The summed E-state index contributed by atoms with van der Waals surface area (Å²) in [6, 6.07) is 79.2. The molecule has 0 radical (unpaired) electrons. The van der Waals surface area contributed by atoms with E-state index in [1.165, 1.54) is 44.8 Å². The van der Waals surface area contributed by atoms with Crippen molar-refractivity contribution in [1.82, 2.24) is 19.9 Å². The number of primary amides is 1. The monoisotopic (exact) mass is 1620 g/mol. The highest BCUT2D eigenvalue weighted by Gasteiger charge is 2.17. The van der Waals surface area contributed by atoms with Gasteiger partial charge in [-0.1, -0.05) is 158 Å². The minimum absolute atomic E-state index is 0.00158. The smallest absolute Gasteiger partial charge is 0.337 e. The first kappa shape index (κ1) is 84.5. The summed E-state index contributed by atoms with van der Waals surface area (Å²) < 4.78 is 9.72. The van der Waals surface area contributed by atoms with Gasteiger partial charge in [-0.3, -0.25) is 43.3 Å². The number of hydrogen-bond acceptors (Lipinski definition) is 20. The van der Waals surface area contributed by atoms with Gasteiger partial charge in [0.15, 0.2) is 49.2 Å². The predicted octanol–water partition coefficient (Wildman–Crippen LogP) is 19.3. The molecule has 2 aromatic heterocycles. The fraction of sp³-hybridized carbons (Fsp3) is 0.0400. The topological polar surface area (TPSA) is 361 Å². The molecule has 17 aromatic rings. The van der Waals surface area contributed by atoms with Gasteiger partial charge in [0.25, 0.3) is 5.91 Å². The van der Waals surface area contributed by atoms with Gasteiger partial charge in [0.05, 0.1) is 53.2 Å². The van der Waals surface area contributed by atoms with Crippen molar-refractivity contribution < 1.29 is 83.3 Å². The van der Waals surface area contributed by atoms with Crippen LogP contribution in [0.3, 0.4) is 0 Å². The molecule has 0 aliphatic heterocycles. The van der Waals surface area contributed by atoms with Crippen molar-refractivity contribution in [3.8, 4) is 95.9 Å². The molecule has 0 saturated carbocycles. The van der Waals surface area contributed by atoms with E-state index in [9.17, 15) is 73.8 Å². The number of amides is 2. The molecule has 0 fully saturated rings. The molecule has 2 heterocycles. The predicted molar refractivity (Wildman–Crippen MR) is 471 cm³/mol. The maximum Gasteiger partial charge on any atom is 0.337 e.